The first-order valence-corrected chi connectivity index (χ1v) is 6.64. The van der Waals surface area contributed by atoms with Crippen molar-refractivity contribution in [3.8, 4) is 5.75 Å². The minimum absolute atomic E-state index is 0.109. The summed E-state index contributed by atoms with van der Waals surface area (Å²) in [5.74, 6) is 0.486. The first kappa shape index (κ1) is 14.5. The van der Waals surface area contributed by atoms with Crippen LogP contribution in [0.5, 0.6) is 5.75 Å². The maximum absolute atomic E-state index is 10.8. The van der Waals surface area contributed by atoms with Gasteiger partial charge in [-0.05, 0) is 19.2 Å². The summed E-state index contributed by atoms with van der Waals surface area (Å²) < 4.78 is 5.57. The van der Waals surface area contributed by atoms with E-state index in [1.807, 2.05) is 0 Å². The third kappa shape index (κ3) is 3.82. The van der Waals surface area contributed by atoms with Crippen LogP contribution in [0, 0.1) is 10.1 Å². The molecule has 1 aromatic carbocycles. The summed E-state index contributed by atoms with van der Waals surface area (Å²) in [7, 11) is 2.11. The molecule has 1 fully saturated rings. The summed E-state index contributed by atoms with van der Waals surface area (Å²) in [5, 5.41) is 10.8. The summed E-state index contributed by atoms with van der Waals surface area (Å²) in [6.07, 6.45) is 0. The number of piperazine rings is 1. The highest BCUT2D eigenvalue weighted by molar-refractivity contribution is 5.60. The van der Waals surface area contributed by atoms with Gasteiger partial charge in [-0.3, -0.25) is 15.0 Å². The normalized spacial score (nSPS) is 17.1. The number of nitro groups is 1. The molecule has 7 nitrogen and oxygen atoms in total. The van der Waals surface area contributed by atoms with Crippen LogP contribution in [0.25, 0.3) is 0 Å². The van der Waals surface area contributed by atoms with Crippen molar-refractivity contribution in [2.75, 3.05) is 52.1 Å². The summed E-state index contributed by atoms with van der Waals surface area (Å²) in [6, 6.07) is 4.54. The van der Waals surface area contributed by atoms with Crippen molar-refractivity contribution in [2.45, 2.75) is 0 Å². The van der Waals surface area contributed by atoms with E-state index < -0.39 is 4.92 Å². The highest BCUT2D eigenvalue weighted by Gasteiger charge is 2.15. The van der Waals surface area contributed by atoms with E-state index in [4.69, 9.17) is 10.5 Å². The van der Waals surface area contributed by atoms with Crippen molar-refractivity contribution >= 4 is 11.4 Å². The van der Waals surface area contributed by atoms with Gasteiger partial charge in [-0.2, -0.15) is 0 Å². The first-order valence-electron chi connectivity index (χ1n) is 6.64. The molecule has 1 aromatic rings. The second kappa shape index (κ2) is 6.53. The summed E-state index contributed by atoms with van der Waals surface area (Å²) >= 11 is 0. The molecule has 0 aliphatic carbocycles. The zero-order valence-corrected chi connectivity index (χ0v) is 11.6. The van der Waals surface area contributed by atoms with Gasteiger partial charge in [-0.1, -0.05) is 0 Å². The monoisotopic (exact) mass is 280 g/mol. The van der Waals surface area contributed by atoms with E-state index in [-0.39, 0.29) is 11.4 Å². The molecule has 0 aromatic heterocycles. The van der Waals surface area contributed by atoms with Crippen LogP contribution in [0.3, 0.4) is 0 Å². The molecule has 110 valence electrons. The number of hydrogen-bond acceptors (Lipinski definition) is 6. The molecule has 0 saturated carbocycles. The number of anilines is 1. The molecule has 0 radical (unpaired) electrons. The maximum Gasteiger partial charge on any atom is 0.295 e. The molecule has 0 amide bonds. The van der Waals surface area contributed by atoms with E-state index in [9.17, 15) is 10.1 Å². The number of ether oxygens (including phenoxy) is 1. The number of nitro benzene ring substituents is 1. The molecule has 0 spiro atoms. The van der Waals surface area contributed by atoms with Crippen molar-refractivity contribution in [2.24, 2.45) is 0 Å². The third-order valence-corrected chi connectivity index (χ3v) is 3.47. The van der Waals surface area contributed by atoms with Crippen LogP contribution in [0.2, 0.25) is 0 Å². The maximum atomic E-state index is 10.8. The van der Waals surface area contributed by atoms with E-state index in [1.165, 1.54) is 12.1 Å². The Morgan fingerprint density at radius 1 is 1.35 bits per heavy atom. The van der Waals surface area contributed by atoms with Crippen LogP contribution in [0.1, 0.15) is 0 Å². The van der Waals surface area contributed by atoms with Gasteiger partial charge in [-0.25, -0.2) is 0 Å². The number of nitrogen functional groups attached to an aromatic ring is 1. The molecule has 0 unspecified atom stereocenters. The van der Waals surface area contributed by atoms with Gasteiger partial charge >= 0.3 is 0 Å². The second-order valence-electron chi connectivity index (χ2n) is 4.97. The highest BCUT2D eigenvalue weighted by Crippen LogP contribution is 2.26. The number of nitrogens with two attached hydrogens (primary N) is 1. The Labute approximate surface area is 118 Å². The van der Waals surface area contributed by atoms with Crippen molar-refractivity contribution in [1.82, 2.24) is 9.80 Å². The van der Waals surface area contributed by atoms with Crippen molar-refractivity contribution in [1.29, 1.82) is 0 Å². The number of benzene rings is 1. The fourth-order valence-electron chi connectivity index (χ4n) is 2.14. The van der Waals surface area contributed by atoms with E-state index in [0.717, 1.165) is 32.7 Å². The van der Waals surface area contributed by atoms with E-state index >= 15 is 0 Å². The largest absolute Gasteiger partial charge is 0.492 e. The van der Waals surface area contributed by atoms with E-state index in [0.29, 0.717) is 12.4 Å². The van der Waals surface area contributed by atoms with Crippen molar-refractivity contribution in [3.05, 3.63) is 28.3 Å². The molecule has 20 heavy (non-hydrogen) atoms. The molecular formula is C13H20N4O3. The number of rotatable bonds is 5. The predicted octanol–water partition coefficient (Wildman–Crippen LogP) is 0.803. The van der Waals surface area contributed by atoms with Gasteiger partial charge in [0, 0.05) is 32.7 Å². The topological polar surface area (TPSA) is 84.9 Å². The first-order chi connectivity index (χ1) is 9.56. The van der Waals surface area contributed by atoms with Gasteiger partial charge in [0.25, 0.3) is 5.69 Å². The zero-order chi connectivity index (χ0) is 14.5. The average molecular weight is 280 g/mol. The SMILES string of the molecule is CN1CCN(CCOc2ccc(N)c([N+](=O)[O-])c2)CC1. The van der Waals surface area contributed by atoms with Crippen LogP contribution < -0.4 is 10.5 Å². The Bertz CT molecular complexity index is 473. The lowest BCUT2D eigenvalue weighted by Crippen LogP contribution is -2.45. The van der Waals surface area contributed by atoms with Crippen LogP contribution in [0.15, 0.2) is 18.2 Å². The van der Waals surface area contributed by atoms with Gasteiger partial charge < -0.3 is 15.4 Å². The molecule has 2 N–H and O–H groups in total. The quantitative estimate of drug-likeness (QED) is 0.488. The van der Waals surface area contributed by atoms with E-state index in [2.05, 4.69) is 16.8 Å². The Balaban J connectivity index is 1.82. The Hall–Kier alpha value is -1.86. The molecule has 1 aliphatic rings. The highest BCUT2D eigenvalue weighted by atomic mass is 16.6. The Morgan fingerprint density at radius 2 is 2.05 bits per heavy atom. The average Bonchev–Trinajstić information content (AvgIpc) is 2.42. The van der Waals surface area contributed by atoms with Crippen LogP contribution in [0.4, 0.5) is 11.4 Å². The van der Waals surface area contributed by atoms with Crippen molar-refractivity contribution < 1.29 is 9.66 Å². The van der Waals surface area contributed by atoms with Gasteiger partial charge in [-0.15, -0.1) is 0 Å². The summed E-state index contributed by atoms with van der Waals surface area (Å²) in [4.78, 5) is 14.9. The molecule has 1 saturated heterocycles. The van der Waals surface area contributed by atoms with Gasteiger partial charge in [0.1, 0.15) is 18.0 Å². The molecule has 0 bridgehead atoms. The summed E-state index contributed by atoms with van der Waals surface area (Å²) in [6.45, 7) is 5.53. The number of likely N-dealkylation sites (N-methyl/N-ethyl adjacent to an activating group) is 1. The second-order valence-corrected chi connectivity index (χ2v) is 4.97. The standard InChI is InChI=1S/C13H20N4O3/c1-15-4-6-16(7-5-15)8-9-20-11-2-3-12(14)13(10-11)17(18)19/h2-3,10H,4-9,14H2,1H3. The van der Waals surface area contributed by atoms with Gasteiger partial charge in [0.05, 0.1) is 11.0 Å². The lowest BCUT2D eigenvalue weighted by molar-refractivity contribution is -0.384. The number of nitrogens with zero attached hydrogens (tertiary/aromatic N) is 3. The minimum Gasteiger partial charge on any atom is -0.492 e. The third-order valence-electron chi connectivity index (χ3n) is 3.47. The van der Waals surface area contributed by atoms with Gasteiger partial charge in [0.15, 0.2) is 0 Å². The van der Waals surface area contributed by atoms with Crippen LogP contribution in [-0.2, 0) is 0 Å². The zero-order valence-electron chi connectivity index (χ0n) is 11.6. The van der Waals surface area contributed by atoms with Crippen molar-refractivity contribution in [3.63, 3.8) is 0 Å². The molecule has 1 aliphatic heterocycles. The Morgan fingerprint density at radius 3 is 2.70 bits per heavy atom. The molecular weight excluding hydrogens is 260 g/mol. The Kier molecular flexibility index (Phi) is 4.75. The molecule has 2 rings (SSSR count). The molecule has 0 atom stereocenters. The lowest BCUT2D eigenvalue weighted by atomic mass is 10.2. The summed E-state index contributed by atoms with van der Waals surface area (Å²) in [5.41, 5.74) is 5.58. The molecule has 1 heterocycles. The smallest absolute Gasteiger partial charge is 0.295 e. The predicted molar refractivity (Wildman–Crippen MR) is 76.9 cm³/mol. The number of hydrogen-bond donors (Lipinski definition) is 1. The fourth-order valence-corrected chi connectivity index (χ4v) is 2.14. The van der Waals surface area contributed by atoms with Gasteiger partial charge in [0.2, 0.25) is 0 Å². The van der Waals surface area contributed by atoms with Crippen LogP contribution in [-0.4, -0.2) is 61.1 Å². The van der Waals surface area contributed by atoms with Crippen LogP contribution >= 0.6 is 0 Å². The van der Waals surface area contributed by atoms with E-state index in [1.54, 1.807) is 6.07 Å². The lowest BCUT2D eigenvalue weighted by Gasteiger charge is -2.32. The minimum atomic E-state index is -0.497. The molecule has 7 heteroatoms. The fraction of sp³-hybridized carbons (Fsp3) is 0.538.